The first-order chi connectivity index (χ1) is 69.8. The lowest BCUT2D eigenvalue weighted by molar-refractivity contribution is 0.0509. The standard InChI is InChI=1S/C21H17ClN4O3.C21H17ClN4O2S2.C21H17ClN4O2S.C20H15ClN4O3.C20H15ClN4O2S/c1-3-28-21(27)16-12-18(26(25-16)17-10-5-4-9-15(17)22)20-24-23-19(29-20)14-8-6-7-13(2)11-14;1-13-6-5-7-14(10-13)19-23-24-20(30-19)18-11-16(21(27)28-12-29-2)25-26(18)17-9-4-3-8-15(17)22;1-3-28-21(27)16-12-18(26(25-16)17-10-5-4-9-15(17)22)20-24-23-19(29-20)14-8-6-7-13(2)11-14;2*1-12-6-5-7-13(10-12)18-22-23-19(28-18)17-11-15(20(26)27-2)24-25(17)16-9-4-3-8-14(16)21/h4-12H,3H2,1-2H3;3-11H,12H2,1-2H3;4-12H,3H2,1-2H3;2*3-11H,1-2H3. The fourth-order valence-electron chi connectivity index (χ4n) is 14.1. The highest BCUT2D eigenvalue weighted by molar-refractivity contribution is 7.98. The van der Waals surface area contributed by atoms with Gasteiger partial charge in [-0.15, -0.1) is 62.7 Å². The van der Waals surface area contributed by atoms with E-state index in [4.69, 9.17) is 90.5 Å². The third-order valence-electron chi connectivity index (χ3n) is 20.8. The van der Waals surface area contributed by atoms with Crippen LogP contribution in [0.5, 0.6) is 0 Å². The number of methoxy groups -OCH3 is 2. The molecule has 724 valence electrons. The molecule has 10 aromatic carbocycles. The number of thioether (sulfide) groups is 1. The number of ether oxygens (including phenoxy) is 5. The van der Waals surface area contributed by atoms with Crippen LogP contribution in [0.25, 0.3) is 138 Å². The first-order valence-electron chi connectivity index (χ1n) is 43.8. The molecule has 0 aliphatic carbocycles. The molecule has 0 amide bonds. The summed E-state index contributed by atoms with van der Waals surface area (Å²) in [5.74, 6) is -1.24. The Balaban J connectivity index is 0.000000129. The molecular weight excluding hydrogens is 2010 g/mol. The van der Waals surface area contributed by atoms with Gasteiger partial charge in [-0.3, -0.25) is 0 Å². The molecule has 10 heterocycles. The molecular formula is C103H81Cl5N20O12S4. The Hall–Kier alpha value is -15.6. The van der Waals surface area contributed by atoms with Crippen LogP contribution in [-0.4, -0.2) is 169 Å². The molecule has 41 heteroatoms. The van der Waals surface area contributed by atoms with Crippen molar-refractivity contribution in [2.45, 2.75) is 48.5 Å². The normalized spacial score (nSPS) is 10.9. The molecule has 0 atom stereocenters. The van der Waals surface area contributed by atoms with E-state index < -0.39 is 29.8 Å². The van der Waals surface area contributed by atoms with Gasteiger partial charge < -0.3 is 32.5 Å². The maximum absolute atomic E-state index is 12.4. The van der Waals surface area contributed by atoms with Crippen LogP contribution in [0.1, 0.15) is 94.1 Å². The van der Waals surface area contributed by atoms with Crippen LogP contribution in [0.3, 0.4) is 0 Å². The number of aryl methyl sites for hydroxylation is 5. The number of aromatic nitrogens is 20. The number of rotatable bonds is 24. The number of hydrogen-bond acceptors (Lipinski definition) is 31. The lowest BCUT2D eigenvalue weighted by Crippen LogP contribution is -2.07. The minimum Gasteiger partial charge on any atom is -0.464 e. The van der Waals surface area contributed by atoms with Crippen LogP contribution >= 0.6 is 104 Å². The molecule has 0 spiro atoms. The van der Waals surface area contributed by atoms with E-state index in [9.17, 15) is 24.0 Å². The van der Waals surface area contributed by atoms with Gasteiger partial charge in [0.05, 0.1) is 81.0 Å². The van der Waals surface area contributed by atoms with Crippen molar-refractivity contribution in [2.24, 2.45) is 0 Å². The third-order valence-corrected chi connectivity index (χ3v) is 25.7. The Kier molecular flexibility index (Phi) is 33.0. The van der Waals surface area contributed by atoms with Gasteiger partial charge >= 0.3 is 29.8 Å². The highest BCUT2D eigenvalue weighted by Gasteiger charge is 2.30. The lowest BCUT2D eigenvalue weighted by Gasteiger charge is -2.06. The molecule has 32 nitrogen and oxygen atoms in total. The summed E-state index contributed by atoms with van der Waals surface area (Å²) in [4.78, 5) is 60.9. The number of carbonyl (C=O) groups excluding carboxylic acids is 5. The van der Waals surface area contributed by atoms with E-state index in [-0.39, 0.29) is 59.4 Å². The first kappa shape index (κ1) is 101. The first-order valence-corrected chi connectivity index (χ1v) is 49.5. The fraction of sp³-hybridized carbons (Fsp3) is 0.126. The summed E-state index contributed by atoms with van der Waals surface area (Å²) in [6, 6.07) is 83.8. The molecule has 144 heavy (non-hydrogen) atoms. The Bertz CT molecular complexity index is 7690. The second-order valence-electron chi connectivity index (χ2n) is 31.1. The topological polar surface area (TPSA) is 376 Å². The van der Waals surface area contributed by atoms with Gasteiger partial charge in [0, 0.05) is 58.1 Å². The summed E-state index contributed by atoms with van der Waals surface area (Å²) >= 11 is 37.5. The Labute approximate surface area is 864 Å². The number of nitrogens with zero attached hydrogens (tertiary/aromatic N) is 20. The molecule has 0 unspecified atom stereocenters. The van der Waals surface area contributed by atoms with E-state index in [0.717, 1.165) is 70.7 Å². The number of benzene rings is 10. The molecule has 0 N–H and O–H groups in total. The van der Waals surface area contributed by atoms with Crippen molar-refractivity contribution in [3.63, 3.8) is 0 Å². The van der Waals surface area contributed by atoms with Gasteiger partial charge in [-0.05, 0) is 158 Å². The Morgan fingerprint density at radius 3 is 0.785 bits per heavy atom. The van der Waals surface area contributed by atoms with Crippen molar-refractivity contribution in [3.8, 4) is 138 Å². The summed E-state index contributed by atoms with van der Waals surface area (Å²) in [6.45, 7) is 14.1. The van der Waals surface area contributed by atoms with Crippen LogP contribution < -0.4 is 0 Å². The highest BCUT2D eigenvalue weighted by Crippen LogP contribution is 2.40. The van der Waals surface area contributed by atoms with Gasteiger partial charge in [-0.1, -0.05) is 259 Å². The SMILES string of the molecule is CCOC(=O)c1cc(-c2nnc(-c3cccc(C)c3)o2)n(-c2ccccc2Cl)n1.CCOC(=O)c1cc(-c2nnc(-c3cccc(C)c3)s2)n(-c2ccccc2Cl)n1.COC(=O)c1cc(-c2nnc(-c3cccc(C)c3)o2)n(-c2ccccc2Cl)n1.COC(=O)c1cc(-c2nnc(-c3cccc(C)c3)s2)n(-c2ccccc2Cl)n1.CSCOC(=O)c1cc(-c2nnc(-c3cccc(C)c3)s2)n(-c2ccccc2Cl)n1. The maximum atomic E-state index is 12.4. The Morgan fingerprint density at radius 1 is 0.285 bits per heavy atom. The number of halogens is 5. The molecule has 0 saturated heterocycles. The van der Waals surface area contributed by atoms with Gasteiger partial charge in [-0.25, -0.2) is 47.4 Å². The largest absolute Gasteiger partial charge is 0.464 e. The quantitative estimate of drug-likeness (QED) is 0.0308. The van der Waals surface area contributed by atoms with Crippen LogP contribution in [-0.2, 0) is 23.7 Å². The van der Waals surface area contributed by atoms with Gasteiger partial charge in [0.1, 0.15) is 49.4 Å². The van der Waals surface area contributed by atoms with Gasteiger partial charge in [-0.2, -0.15) is 25.5 Å². The fourth-order valence-corrected chi connectivity index (χ4v) is 17.9. The highest BCUT2D eigenvalue weighted by atomic mass is 35.5. The molecule has 0 aliphatic rings. The van der Waals surface area contributed by atoms with Crippen molar-refractivity contribution in [2.75, 3.05) is 39.6 Å². The smallest absolute Gasteiger partial charge is 0.359 e. The molecule has 0 fully saturated rings. The van der Waals surface area contributed by atoms with Crippen molar-refractivity contribution >= 4 is 134 Å². The van der Waals surface area contributed by atoms with Gasteiger partial charge in [0.2, 0.25) is 11.8 Å². The average molecular weight is 2100 g/mol. The van der Waals surface area contributed by atoms with Crippen molar-refractivity contribution < 1.29 is 56.5 Å². The van der Waals surface area contributed by atoms with Crippen molar-refractivity contribution in [3.05, 3.63) is 354 Å². The van der Waals surface area contributed by atoms with Crippen molar-refractivity contribution in [1.29, 1.82) is 0 Å². The third kappa shape index (κ3) is 23.9. The van der Waals surface area contributed by atoms with E-state index in [1.807, 2.05) is 217 Å². The summed E-state index contributed by atoms with van der Waals surface area (Å²) < 4.78 is 44.5. The maximum Gasteiger partial charge on any atom is 0.359 e. The van der Waals surface area contributed by atoms with Crippen LogP contribution in [0, 0.1) is 34.6 Å². The molecule has 0 bridgehead atoms. The minimum absolute atomic E-state index is 0.104. The van der Waals surface area contributed by atoms with E-state index in [2.05, 4.69) is 94.7 Å². The lowest BCUT2D eigenvalue weighted by atomic mass is 10.1. The summed E-state index contributed by atoms with van der Waals surface area (Å²) in [7, 11) is 2.61. The number of carbonyl (C=O) groups is 5. The predicted octanol–water partition coefficient (Wildman–Crippen LogP) is 24.6. The van der Waals surface area contributed by atoms with Gasteiger partial charge in [0.25, 0.3) is 11.8 Å². The van der Waals surface area contributed by atoms with Gasteiger partial charge in [0.15, 0.2) is 43.5 Å². The number of hydrogen-bond donors (Lipinski definition) is 0. The van der Waals surface area contributed by atoms with E-state index >= 15 is 0 Å². The summed E-state index contributed by atoms with van der Waals surface area (Å²) in [6.07, 6.45) is 1.86. The van der Waals surface area contributed by atoms with Crippen LogP contribution in [0.4, 0.5) is 0 Å². The zero-order valence-corrected chi connectivity index (χ0v) is 85.0. The number of para-hydroxylation sites is 5. The predicted molar refractivity (Wildman–Crippen MR) is 555 cm³/mol. The van der Waals surface area contributed by atoms with Crippen LogP contribution in [0.2, 0.25) is 25.1 Å². The molecule has 20 aromatic rings. The second kappa shape index (κ2) is 46.8. The second-order valence-corrected chi connectivity index (χ2v) is 36.8. The molecule has 0 saturated carbocycles. The number of esters is 5. The van der Waals surface area contributed by atoms with Crippen molar-refractivity contribution in [1.82, 2.24) is 99.9 Å². The monoisotopic (exact) mass is 2090 g/mol. The van der Waals surface area contributed by atoms with E-state index in [0.29, 0.717) is 109 Å². The molecule has 0 radical (unpaired) electrons. The molecule has 20 rings (SSSR count). The Morgan fingerprint density at radius 2 is 0.521 bits per heavy atom. The zero-order valence-electron chi connectivity index (χ0n) is 78.0. The van der Waals surface area contributed by atoms with Crippen LogP contribution in [0.15, 0.2) is 282 Å². The molecule has 0 aliphatic heterocycles. The molecule has 10 aromatic heterocycles. The summed E-state index contributed by atoms with van der Waals surface area (Å²) in [5, 5.41) is 71.2. The van der Waals surface area contributed by atoms with E-state index in [1.165, 1.54) is 75.4 Å². The minimum atomic E-state index is -0.578. The average Bonchev–Trinajstić information content (AvgIpc) is 1.65. The summed E-state index contributed by atoms with van der Waals surface area (Å²) in [5.41, 5.74) is 16.7. The van der Waals surface area contributed by atoms with E-state index in [1.54, 1.807) is 101 Å². The zero-order chi connectivity index (χ0) is 101.